The van der Waals surface area contributed by atoms with E-state index in [9.17, 15) is 5.11 Å². The average molecular weight is 208 g/mol. The monoisotopic (exact) mass is 208 g/mol. The number of fused-ring (bicyclic) bond motifs is 1. The molecular weight excluding hydrogens is 184 g/mol. The zero-order valence-electron chi connectivity index (χ0n) is 10.1. The molecule has 0 radical (unpaired) electrons. The van der Waals surface area contributed by atoms with Crippen molar-refractivity contribution in [1.29, 1.82) is 0 Å². The predicted octanol–water partition coefficient (Wildman–Crippen LogP) is 3.39. The maximum atomic E-state index is 10.1. The molecule has 0 aliphatic heterocycles. The third-order valence-electron chi connectivity index (χ3n) is 4.50. The Labute approximate surface area is 93.6 Å². The highest BCUT2D eigenvalue weighted by molar-refractivity contribution is 5.00. The molecule has 0 amide bonds. The lowest BCUT2D eigenvalue weighted by Crippen LogP contribution is -2.20. The van der Waals surface area contributed by atoms with Crippen molar-refractivity contribution < 1.29 is 5.11 Å². The van der Waals surface area contributed by atoms with Gasteiger partial charge in [-0.2, -0.15) is 0 Å². The predicted molar refractivity (Wildman–Crippen MR) is 63.5 cm³/mol. The lowest BCUT2D eigenvalue weighted by molar-refractivity contribution is 0.102. The summed E-state index contributed by atoms with van der Waals surface area (Å²) in [4.78, 5) is 0. The molecule has 1 heteroatoms. The quantitative estimate of drug-likeness (QED) is 0.705. The number of hydrogen-bond donors (Lipinski definition) is 1. The molecule has 1 nitrogen and oxygen atoms in total. The SMILES string of the molecule is C=CCCC1C(O)CC2CC(C)(C)CC21. The summed E-state index contributed by atoms with van der Waals surface area (Å²) in [5.41, 5.74) is 0.516. The fraction of sp³-hybridized carbons (Fsp3) is 0.857. The van der Waals surface area contributed by atoms with E-state index in [1.54, 1.807) is 0 Å². The molecule has 0 spiro atoms. The summed E-state index contributed by atoms with van der Waals surface area (Å²) in [6, 6.07) is 0. The van der Waals surface area contributed by atoms with Gasteiger partial charge >= 0.3 is 0 Å². The second-order valence-corrected chi connectivity index (χ2v) is 6.33. The van der Waals surface area contributed by atoms with Gasteiger partial charge in [-0.3, -0.25) is 0 Å². The van der Waals surface area contributed by atoms with Crippen LogP contribution in [-0.4, -0.2) is 11.2 Å². The van der Waals surface area contributed by atoms with Crippen LogP contribution in [0, 0.1) is 23.2 Å². The van der Waals surface area contributed by atoms with E-state index in [1.165, 1.54) is 12.8 Å². The lowest BCUT2D eigenvalue weighted by atomic mass is 9.83. The van der Waals surface area contributed by atoms with Crippen molar-refractivity contribution in [2.75, 3.05) is 0 Å². The van der Waals surface area contributed by atoms with Crippen LogP contribution in [0.25, 0.3) is 0 Å². The molecule has 0 bridgehead atoms. The third-order valence-corrected chi connectivity index (χ3v) is 4.50. The summed E-state index contributed by atoms with van der Waals surface area (Å²) in [7, 11) is 0. The first-order valence-corrected chi connectivity index (χ1v) is 6.32. The van der Waals surface area contributed by atoms with Gasteiger partial charge in [0.1, 0.15) is 0 Å². The molecule has 2 rings (SSSR count). The Bertz CT molecular complexity index is 244. The van der Waals surface area contributed by atoms with E-state index < -0.39 is 0 Å². The van der Waals surface area contributed by atoms with Gasteiger partial charge in [-0.1, -0.05) is 19.9 Å². The largest absolute Gasteiger partial charge is 0.393 e. The van der Waals surface area contributed by atoms with E-state index in [0.29, 0.717) is 11.3 Å². The van der Waals surface area contributed by atoms with Crippen molar-refractivity contribution >= 4 is 0 Å². The highest BCUT2D eigenvalue weighted by Gasteiger charge is 2.49. The van der Waals surface area contributed by atoms with Crippen LogP contribution in [0.3, 0.4) is 0 Å². The van der Waals surface area contributed by atoms with Gasteiger partial charge in [0.15, 0.2) is 0 Å². The topological polar surface area (TPSA) is 20.2 Å². The minimum Gasteiger partial charge on any atom is -0.393 e. The molecule has 2 aliphatic rings. The van der Waals surface area contributed by atoms with Gasteiger partial charge in [0, 0.05) is 0 Å². The van der Waals surface area contributed by atoms with E-state index in [1.807, 2.05) is 6.08 Å². The number of hydrogen-bond acceptors (Lipinski definition) is 1. The van der Waals surface area contributed by atoms with Gasteiger partial charge in [-0.25, -0.2) is 0 Å². The smallest absolute Gasteiger partial charge is 0.0574 e. The fourth-order valence-electron chi connectivity index (χ4n) is 4.00. The Kier molecular flexibility index (Phi) is 2.94. The van der Waals surface area contributed by atoms with Crippen molar-refractivity contribution in [1.82, 2.24) is 0 Å². The molecule has 4 unspecified atom stereocenters. The van der Waals surface area contributed by atoms with Crippen molar-refractivity contribution in [3.63, 3.8) is 0 Å². The van der Waals surface area contributed by atoms with E-state index in [0.717, 1.165) is 31.1 Å². The van der Waals surface area contributed by atoms with Crippen LogP contribution in [-0.2, 0) is 0 Å². The third kappa shape index (κ3) is 2.13. The number of aliphatic hydroxyl groups excluding tert-OH is 1. The molecule has 0 aromatic heterocycles. The van der Waals surface area contributed by atoms with E-state index in [4.69, 9.17) is 0 Å². The molecular formula is C14H24O. The summed E-state index contributed by atoms with van der Waals surface area (Å²) in [5.74, 6) is 2.13. The van der Waals surface area contributed by atoms with Crippen LogP contribution in [0.5, 0.6) is 0 Å². The Balaban J connectivity index is 2.02. The van der Waals surface area contributed by atoms with E-state index in [2.05, 4.69) is 20.4 Å². The zero-order chi connectivity index (χ0) is 11.1. The van der Waals surface area contributed by atoms with Gasteiger partial charge in [0.05, 0.1) is 6.10 Å². The zero-order valence-corrected chi connectivity index (χ0v) is 10.1. The van der Waals surface area contributed by atoms with Crippen molar-refractivity contribution in [2.45, 2.75) is 52.1 Å². The first kappa shape index (κ1) is 11.2. The molecule has 0 heterocycles. The highest BCUT2D eigenvalue weighted by Crippen LogP contribution is 2.55. The summed E-state index contributed by atoms with van der Waals surface area (Å²) in [5, 5.41) is 10.1. The Morgan fingerprint density at radius 3 is 2.80 bits per heavy atom. The van der Waals surface area contributed by atoms with E-state index in [-0.39, 0.29) is 6.10 Å². The molecule has 4 atom stereocenters. The first-order valence-electron chi connectivity index (χ1n) is 6.32. The Hall–Kier alpha value is -0.300. The molecule has 0 saturated heterocycles. The van der Waals surface area contributed by atoms with Gasteiger partial charge in [0.2, 0.25) is 0 Å². The van der Waals surface area contributed by atoms with Crippen molar-refractivity contribution in [2.24, 2.45) is 23.2 Å². The summed E-state index contributed by atoms with van der Waals surface area (Å²) >= 11 is 0. The maximum absolute atomic E-state index is 10.1. The normalized spacial score (nSPS) is 42.9. The molecule has 2 fully saturated rings. The van der Waals surface area contributed by atoms with Gasteiger partial charge in [0.25, 0.3) is 0 Å². The first-order chi connectivity index (χ1) is 7.03. The minimum absolute atomic E-state index is 0.0314. The summed E-state index contributed by atoms with van der Waals surface area (Å²) in [6.45, 7) is 8.53. The molecule has 1 N–H and O–H groups in total. The summed E-state index contributed by atoms with van der Waals surface area (Å²) < 4.78 is 0. The van der Waals surface area contributed by atoms with Crippen LogP contribution >= 0.6 is 0 Å². The average Bonchev–Trinajstić information content (AvgIpc) is 2.54. The molecule has 2 saturated carbocycles. The van der Waals surface area contributed by atoms with Gasteiger partial charge in [-0.05, 0) is 55.3 Å². The van der Waals surface area contributed by atoms with Gasteiger partial charge < -0.3 is 5.11 Å². The molecule has 0 aromatic carbocycles. The Morgan fingerprint density at radius 1 is 1.40 bits per heavy atom. The van der Waals surface area contributed by atoms with Crippen molar-refractivity contribution in [3.8, 4) is 0 Å². The van der Waals surface area contributed by atoms with Crippen LogP contribution in [0.15, 0.2) is 12.7 Å². The second kappa shape index (κ2) is 3.93. The highest BCUT2D eigenvalue weighted by atomic mass is 16.3. The molecule has 15 heavy (non-hydrogen) atoms. The molecule has 2 aliphatic carbocycles. The molecule has 86 valence electrons. The lowest BCUT2D eigenvalue weighted by Gasteiger charge is -2.24. The summed E-state index contributed by atoms with van der Waals surface area (Å²) in [6.07, 6.45) is 7.84. The second-order valence-electron chi connectivity index (χ2n) is 6.33. The minimum atomic E-state index is -0.0314. The fourth-order valence-corrected chi connectivity index (χ4v) is 4.00. The van der Waals surface area contributed by atoms with Gasteiger partial charge in [-0.15, -0.1) is 6.58 Å². The van der Waals surface area contributed by atoms with Crippen LogP contribution in [0.1, 0.15) is 46.0 Å². The number of allylic oxidation sites excluding steroid dienone is 1. The maximum Gasteiger partial charge on any atom is 0.0574 e. The van der Waals surface area contributed by atoms with Crippen molar-refractivity contribution in [3.05, 3.63) is 12.7 Å². The van der Waals surface area contributed by atoms with Crippen LogP contribution in [0.4, 0.5) is 0 Å². The van der Waals surface area contributed by atoms with E-state index >= 15 is 0 Å². The standard InChI is InChI=1S/C14H24O/c1-4-5-6-11-12-9-14(2,3)8-10(12)7-13(11)15/h4,10-13,15H,1,5-9H2,2-3H3. The Morgan fingerprint density at radius 2 is 2.13 bits per heavy atom. The molecule has 0 aromatic rings. The van der Waals surface area contributed by atoms with Crippen LogP contribution < -0.4 is 0 Å². The number of aliphatic hydroxyl groups is 1. The van der Waals surface area contributed by atoms with Crippen LogP contribution in [0.2, 0.25) is 0 Å². The number of rotatable bonds is 3.